The van der Waals surface area contributed by atoms with Crippen molar-refractivity contribution >= 4 is 11.8 Å². The van der Waals surface area contributed by atoms with Crippen molar-refractivity contribution in [3.05, 3.63) is 96.1 Å². The lowest BCUT2D eigenvalue weighted by Crippen LogP contribution is -2.33. The Hall–Kier alpha value is -3.14. The molecule has 1 aliphatic rings. The molecule has 0 aliphatic carbocycles. The summed E-state index contributed by atoms with van der Waals surface area (Å²) in [6, 6.07) is 19.6. The summed E-state index contributed by atoms with van der Waals surface area (Å²) in [5.41, 5.74) is 2.11. The van der Waals surface area contributed by atoms with Gasteiger partial charge in [-0.15, -0.1) is 0 Å². The first-order chi connectivity index (χ1) is 14.5. The van der Waals surface area contributed by atoms with Crippen molar-refractivity contribution in [1.82, 2.24) is 10.6 Å². The van der Waals surface area contributed by atoms with Gasteiger partial charge in [-0.25, -0.2) is 0 Å². The van der Waals surface area contributed by atoms with Gasteiger partial charge in [0.25, 0.3) is 0 Å². The number of hydrogen-bond donors (Lipinski definition) is 2. The molecule has 2 aromatic carbocycles. The number of rotatable bonds is 2. The van der Waals surface area contributed by atoms with Crippen LogP contribution in [0.2, 0.25) is 0 Å². The van der Waals surface area contributed by atoms with Crippen molar-refractivity contribution in [3.8, 4) is 0 Å². The van der Waals surface area contributed by atoms with Gasteiger partial charge in [-0.3, -0.25) is 9.59 Å². The molecule has 0 radical (unpaired) electrons. The lowest BCUT2D eigenvalue weighted by atomic mass is 9.92. The summed E-state index contributed by atoms with van der Waals surface area (Å²) in [6.07, 6.45) is 8.44. The normalized spacial score (nSPS) is 25.8. The summed E-state index contributed by atoms with van der Waals surface area (Å²) in [7, 11) is 0. The second-order valence-electron chi connectivity index (χ2n) is 7.89. The van der Waals surface area contributed by atoms with Crippen LogP contribution in [0.5, 0.6) is 0 Å². The summed E-state index contributed by atoms with van der Waals surface area (Å²) in [4.78, 5) is 25.3. The second kappa shape index (κ2) is 10.6. The molecule has 0 unspecified atom stereocenters. The smallest absolute Gasteiger partial charge is 0.224 e. The monoisotopic (exact) mass is 402 g/mol. The molecular formula is C26H30N2O2. The van der Waals surface area contributed by atoms with Crippen LogP contribution < -0.4 is 10.6 Å². The lowest BCUT2D eigenvalue weighted by Gasteiger charge is -2.25. The van der Waals surface area contributed by atoms with E-state index in [1.165, 1.54) is 0 Å². The number of carbonyl (C=O) groups is 2. The molecular weight excluding hydrogens is 372 g/mol. The zero-order chi connectivity index (χ0) is 21.3. The Balaban J connectivity index is 1.84. The second-order valence-corrected chi connectivity index (χ2v) is 7.89. The number of carbonyl (C=O) groups excluding carboxylic acids is 2. The van der Waals surface area contributed by atoms with Gasteiger partial charge in [-0.1, -0.05) is 98.8 Å². The first-order valence-corrected chi connectivity index (χ1v) is 10.6. The number of nitrogens with one attached hydrogen (secondary N) is 2. The highest BCUT2D eigenvalue weighted by Crippen LogP contribution is 2.25. The van der Waals surface area contributed by atoms with Gasteiger partial charge in [-0.2, -0.15) is 0 Å². The van der Waals surface area contributed by atoms with Crippen molar-refractivity contribution < 1.29 is 9.59 Å². The molecule has 0 fully saturated rings. The highest BCUT2D eigenvalue weighted by Gasteiger charge is 2.22. The third-order valence-corrected chi connectivity index (χ3v) is 5.49. The summed E-state index contributed by atoms with van der Waals surface area (Å²) < 4.78 is 0. The molecule has 0 bridgehead atoms. The third kappa shape index (κ3) is 5.93. The van der Waals surface area contributed by atoms with Crippen LogP contribution in [-0.2, 0) is 9.59 Å². The van der Waals surface area contributed by atoms with Gasteiger partial charge in [-0.05, 0) is 23.0 Å². The van der Waals surface area contributed by atoms with Crippen molar-refractivity contribution in [2.75, 3.05) is 0 Å². The van der Waals surface area contributed by atoms with E-state index in [1.54, 1.807) is 0 Å². The fourth-order valence-electron chi connectivity index (χ4n) is 3.82. The van der Waals surface area contributed by atoms with Crippen LogP contribution >= 0.6 is 0 Å². The molecule has 1 heterocycles. The number of hydrogen-bond acceptors (Lipinski definition) is 2. The van der Waals surface area contributed by atoms with E-state index in [0.717, 1.165) is 11.1 Å². The topological polar surface area (TPSA) is 58.2 Å². The number of amides is 2. The van der Waals surface area contributed by atoms with Crippen LogP contribution in [-0.4, -0.2) is 11.8 Å². The molecule has 4 heteroatoms. The standard InChI is InChI=1S/C26H30N2O2/c1-19-11-9-17-24(30)28-26(22-15-7-4-8-16-22)20(2)12-10-18-23(29)27-25(19)21-13-5-3-6-14-21/h3-16,19-20,25-26H,17-18H2,1-2H3,(H,27,29)(H,28,30)/t19-,20-,25-,26+/m0/s1. The molecule has 0 spiro atoms. The Morgan fingerprint density at radius 3 is 1.37 bits per heavy atom. The molecule has 4 nitrogen and oxygen atoms in total. The van der Waals surface area contributed by atoms with Crippen molar-refractivity contribution in [3.63, 3.8) is 0 Å². The van der Waals surface area contributed by atoms with Crippen molar-refractivity contribution in [2.45, 2.75) is 38.8 Å². The summed E-state index contributed by atoms with van der Waals surface area (Å²) >= 11 is 0. The molecule has 4 atom stereocenters. The molecule has 2 N–H and O–H groups in total. The zero-order valence-corrected chi connectivity index (χ0v) is 17.6. The highest BCUT2D eigenvalue weighted by atomic mass is 16.2. The predicted octanol–water partition coefficient (Wildman–Crippen LogP) is 4.88. The van der Waals surface area contributed by atoms with Gasteiger partial charge in [0, 0.05) is 12.8 Å². The molecule has 2 amide bonds. The molecule has 0 saturated carbocycles. The van der Waals surface area contributed by atoms with Crippen molar-refractivity contribution in [1.29, 1.82) is 0 Å². The molecule has 0 aromatic heterocycles. The Morgan fingerprint density at radius 1 is 0.633 bits per heavy atom. The van der Waals surface area contributed by atoms with Crippen LogP contribution in [0, 0.1) is 11.8 Å². The largest absolute Gasteiger partial charge is 0.348 e. The van der Waals surface area contributed by atoms with Gasteiger partial charge in [0.05, 0.1) is 12.1 Å². The summed E-state index contributed by atoms with van der Waals surface area (Å²) in [5, 5.41) is 6.33. The SMILES string of the molecule is C[C@H]1C=CCC(=O)N[C@@H](c2ccccc2)[C@@H](C)C=CCC(=O)N[C@@H]1c1ccccc1. The average molecular weight is 403 g/mol. The maximum Gasteiger partial charge on any atom is 0.224 e. The fraction of sp³-hybridized carbons (Fsp3) is 0.308. The van der Waals surface area contributed by atoms with E-state index in [1.807, 2.05) is 85.0 Å². The lowest BCUT2D eigenvalue weighted by molar-refractivity contribution is -0.122. The fourth-order valence-corrected chi connectivity index (χ4v) is 3.82. The van der Waals surface area contributed by atoms with E-state index in [0.29, 0.717) is 12.8 Å². The summed E-state index contributed by atoms with van der Waals surface area (Å²) in [5.74, 6) is 0.0923. The van der Waals surface area contributed by atoms with Gasteiger partial charge >= 0.3 is 0 Å². The Morgan fingerprint density at radius 2 is 1.00 bits per heavy atom. The van der Waals surface area contributed by atoms with E-state index in [-0.39, 0.29) is 35.7 Å². The van der Waals surface area contributed by atoms with Gasteiger partial charge in [0.1, 0.15) is 0 Å². The summed E-state index contributed by atoms with van der Waals surface area (Å²) in [6.45, 7) is 4.12. The Labute approximate surface area is 179 Å². The maximum absolute atomic E-state index is 12.6. The minimum atomic E-state index is -0.135. The van der Waals surface area contributed by atoms with Crippen LogP contribution in [0.4, 0.5) is 0 Å². The molecule has 3 rings (SSSR count). The molecule has 156 valence electrons. The van der Waals surface area contributed by atoms with Crippen LogP contribution in [0.25, 0.3) is 0 Å². The van der Waals surface area contributed by atoms with Crippen molar-refractivity contribution in [2.24, 2.45) is 11.8 Å². The highest BCUT2D eigenvalue weighted by molar-refractivity contribution is 5.79. The minimum absolute atomic E-state index is 0.00934. The Bertz CT molecular complexity index is 814. The van der Waals surface area contributed by atoms with Gasteiger partial charge in [0.15, 0.2) is 0 Å². The molecule has 30 heavy (non-hydrogen) atoms. The minimum Gasteiger partial charge on any atom is -0.348 e. The van der Waals surface area contributed by atoms with Crippen LogP contribution in [0.3, 0.4) is 0 Å². The van der Waals surface area contributed by atoms with Gasteiger partial charge in [0.2, 0.25) is 11.8 Å². The maximum atomic E-state index is 12.6. The van der Waals surface area contributed by atoms with E-state index < -0.39 is 0 Å². The number of benzene rings is 2. The quantitative estimate of drug-likeness (QED) is 0.704. The van der Waals surface area contributed by atoms with E-state index >= 15 is 0 Å². The average Bonchev–Trinajstić information content (AvgIpc) is 2.76. The third-order valence-electron chi connectivity index (χ3n) is 5.49. The van der Waals surface area contributed by atoms with E-state index in [4.69, 9.17) is 0 Å². The van der Waals surface area contributed by atoms with E-state index in [2.05, 4.69) is 24.5 Å². The Kier molecular flexibility index (Phi) is 7.61. The zero-order valence-electron chi connectivity index (χ0n) is 17.6. The van der Waals surface area contributed by atoms with Crippen LogP contribution in [0.1, 0.15) is 49.9 Å². The van der Waals surface area contributed by atoms with Crippen LogP contribution in [0.15, 0.2) is 85.0 Å². The predicted molar refractivity (Wildman–Crippen MR) is 120 cm³/mol. The molecule has 1 aliphatic heterocycles. The molecule has 0 saturated heterocycles. The van der Waals surface area contributed by atoms with Gasteiger partial charge < -0.3 is 10.6 Å². The van der Waals surface area contributed by atoms with E-state index in [9.17, 15) is 9.59 Å². The molecule has 2 aromatic rings. The first kappa shape index (κ1) is 21.6. The first-order valence-electron chi connectivity index (χ1n) is 10.6.